The molecule has 0 aliphatic rings. The number of benzene rings is 1. The molecule has 0 radical (unpaired) electrons. The number of carbonyl (C=O) groups excluding carboxylic acids is 1. The highest BCUT2D eigenvalue weighted by molar-refractivity contribution is 6.00. The maximum atomic E-state index is 13.6. The Hall–Kier alpha value is -2.31. The predicted molar refractivity (Wildman–Crippen MR) is 80.4 cm³/mol. The van der Waals surface area contributed by atoms with E-state index in [4.69, 9.17) is 10.5 Å². The summed E-state index contributed by atoms with van der Waals surface area (Å²) in [5.74, 6) is -2.53. The summed E-state index contributed by atoms with van der Waals surface area (Å²) in [5.41, 5.74) is 3.81. The van der Waals surface area contributed by atoms with Crippen molar-refractivity contribution in [2.45, 2.75) is 39.2 Å². The molecule has 1 rings (SSSR count). The van der Waals surface area contributed by atoms with Crippen LogP contribution in [0.3, 0.4) is 0 Å². The van der Waals surface area contributed by atoms with Crippen LogP contribution in [0.2, 0.25) is 0 Å². The number of carboxylic acids is 1. The molecule has 0 spiro atoms. The number of carboxylic acid groups (broad SMARTS) is 1. The smallest absolute Gasteiger partial charge is 0.329 e. The van der Waals surface area contributed by atoms with Crippen molar-refractivity contribution in [2.24, 2.45) is 0 Å². The molecule has 0 bridgehead atoms. The van der Waals surface area contributed by atoms with E-state index in [1.165, 1.54) is 13.0 Å². The molecule has 4 N–H and O–H groups in total. The first-order valence-corrected chi connectivity index (χ1v) is 7.02. The van der Waals surface area contributed by atoms with Crippen molar-refractivity contribution in [2.75, 3.05) is 12.3 Å². The summed E-state index contributed by atoms with van der Waals surface area (Å²) in [5, 5.41) is 11.6. The van der Waals surface area contributed by atoms with Gasteiger partial charge in [-0.1, -0.05) is 13.8 Å². The summed E-state index contributed by atoms with van der Waals surface area (Å²) in [7, 11) is 0. The number of carbonyl (C=O) groups is 2. The van der Waals surface area contributed by atoms with Gasteiger partial charge in [-0.25, -0.2) is 9.18 Å². The second-order valence-corrected chi connectivity index (χ2v) is 5.16. The molecule has 22 heavy (non-hydrogen) atoms. The van der Waals surface area contributed by atoms with Crippen molar-refractivity contribution < 1.29 is 23.8 Å². The zero-order valence-electron chi connectivity index (χ0n) is 12.9. The highest BCUT2D eigenvalue weighted by Gasteiger charge is 2.34. The van der Waals surface area contributed by atoms with E-state index in [1.807, 2.05) is 6.92 Å². The molecule has 122 valence electrons. The number of nitrogen functional groups attached to an aromatic ring is 1. The lowest BCUT2D eigenvalue weighted by Crippen LogP contribution is -2.51. The Morgan fingerprint density at radius 1 is 1.41 bits per heavy atom. The Labute approximate surface area is 128 Å². The van der Waals surface area contributed by atoms with Crippen LogP contribution >= 0.6 is 0 Å². The highest BCUT2D eigenvalue weighted by Crippen LogP contribution is 2.26. The number of hydrogen-bond acceptors (Lipinski definition) is 4. The van der Waals surface area contributed by atoms with Crippen molar-refractivity contribution in [1.82, 2.24) is 5.32 Å². The van der Waals surface area contributed by atoms with E-state index in [2.05, 4.69) is 5.32 Å². The minimum absolute atomic E-state index is 0.0823. The van der Waals surface area contributed by atoms with Gasteiger partial charge in [0.1, 0.15) is 17.1 Å². The number of halogens is 1. The fraction of sp³-hybridized carbons (Fsp3) is 0.467. The van der Waals surface area contributed by atoms with Gasteiger partial charge in [-0.2, -0.15) is 0 Å². The third-order valence-electron chi connectivity index (χ3n) is 3.37. The normalized spacial score (nSPS) is 13.3. The van der Waals surface area contributed by atoms with Crippen LogP contribution in [0.15, 0.2) is 12.1 Å². The van der Waals surface area contributed by atoms with Gasteiger partial charge in [0.05, 0.1) is 17.9 Å². The van der Waals surface area contributed by atoms with Crippen LogP contribution in [0.1, 0.15) is 44.0 Å². The van der Waals surface area contributed by atoms with E-state index in [0.29, 0.717) is 13.0 Å². The summed E-state index contributed by atoms with van der Waals surface area (Å²) in [6, 6.07) is 2.18. The van der Waals surface area contributed by atoms with Crippen LogP contribution in [-0.4, -0.2) is 29.1 Å². The molecular formula is C15H21FN2O4. The molecule has 0 heterocycles. The fourth-order valence-electron chi connectivity index (χ4n) is 1.69. The lowest BCUT2D eigenvalue weighted by atomic mass is 9.98. The van der Waals surface area contributed by atoms with Crippen LogP contribution < -0.4 is 15.8 Å². The molecule has 0 aromatic heterocycles. The van der Waals surface area contributed by atoms with E-state index in [-0.39, 0.29) is 23.4 Å². The van der Waals surface area contributed by atoms with E-state index in [1.54, 1.807) is 6.92 Å². The maximum Gasteiger partial charge on any atom is 0.329 e. The summed E-state index contributed by atoms with van der Waals surface area (Å²) >= 11 is 0. The molecule has 0 aliphatic heterocycles. The molecule has 0 saturated carbocycles. The Kier molecular flexibility index (Phi) is 5.73. The van der Waals surface area contributed by atoms with Crippen LogP contribution in [0, 0.1) is 5.82 Å². The average molecular weight is 312 g/mol. The summed E-state index contributed by atoms with van der Waals surface area (Å²) in [6.45, 7) is 5.22. The zero-order valence-corrected chi connectivity index (χ0v) is 12.9. The Bertz CT molecular complexity index is 577. The number of rotatable bonds is 7. The van der Waals surface area contributed by atoms with Gasteiger partial charge in [0.2, 0.25) is 0 Å². The third kappa shape index (κ3) is 3.87. The molecule has 0 saturated heterocycles. The first kappa shape index (κ1) is 17.7. The van der Waals surface area contributed by atoms with Crippen LogP contribution in [0.4, 0.5) is 10.1 Å². The van der Waals surface area contributed by atoms with E-state index >= 15 is 0 Å². The predicted octanol–water partition coefficient (Wildman–Crippen LogP) is 2.18. The van der Waals surface area contributed by atoms with Gasteiger partial charge in [-0.05, 0) is 25.8 Å². The number of anilines is 1. The lowest BCUT2D eigenvalue weighted by molar-refractivity contribution is -0.143. The zero-order chi connectivity index (χ0) is 16.9. The van der Waals surface area contributed by atoms with Gasteiger partial charge in [0, 0.05) is 6.07 Å². The molecule has 1 atom stereocenters. The van der Waals surface area contributed by atoms with Gasteiger partial charge in [-0.15, -0.1) is 0 Å². The standard InChI is InChI=1S/C15H21FN2O4/c1-4-6-22-12-8-11(17)10(16)7-9(12)13(19)18-15(3,5-2)14(20)21/h7-8H,4-6,17H2,1-3H3,(H,18,19)(H,20,21)/t15-/m1/s1. The minimum atomic E-state index is -1.45. The van der Waals surface area contributed by atoms with Crippen LogP contribution in [0.25, 0.3) is 0 Å². The van der Waals surface area contributed by atoms with E-state index in [0.717, 1.165) is 6.07 Å². The second-order valence-electron chi connectivity index (χ2n) is 5.16. The Morgan fingerprint density at radius 3 is 2.55 bits per heavy atom. The summed E-state index contributed by atoms with van der Waals surface area (Å²) < 4.78 is 19.0. The van der Waals surface area contributed by atoms with E-state index in [9.17, 15) is 19.1 Å². The summed E-state index contributed by atoms with van der Waals surface area (Å²) in [4.78, 5) is 23.6. The molecule has 1 amide bonds. The third-order valence-corrected chi connectivity index (χ3v) is 3.37. The van der Waals surface area contributed by atoms with Crippen molar-refractivity contribution in [3.05, 3.63) is 23.5 Å². The topological polar surface area (TPSA) is 102 Å². The Balaban J connectivity index is 3.15. The minimum Gasteiger partial charge on any atom is -0.493 e. The van der Waals surface area contributed by atoms with Crippen molar-refractivity contribution in [3.63, 3.8) is 0 Å². The van der Waals surface area contributed by atoms with Gasteiger partial charge in [-0.3, -0.25) is 4.79 Å². The first-order valence-electron chi connectivity index (χ1n) is 7.02. The molecule has 6 nitrogen and oxygen atoms in total. The number of ether oxygens (including phenoxy) is 1. The van der Waals surface area contributed by atoms with Crippen molar-refractivity contribution in [3.8, 4) is 5.75 Å². The number of nitrogens with one attached hydrogen (secondary N) is 1. The molecule has 1 aromatic carbocycles. The van der Waals surface area contributed by atoms with Crippen molar-refractivity contribution >= 4 is 17.6 Å². The Morgan fingerprint density at radius 2 is 2.05 bits per heavy atom. The quantitative estimate of drug-likeness (QED) is 0.670. The van der Waals surface area contributed by atoms with Crippen LogP contribution in [-0.2, 0) is 4.79 Å². The number of amides is 1. The molecular weight excluding hydrogens is 291 g/mol. The molecule has 7 heteroatoms. The van der Waals surface area contributed by atoms with Crippen LogP contribution in [0.5, 0.6) is 5.75 Å². The fourth-order valence-corrected chi connectivity index (χ4v) is 1.69. The van der Waals surface area contributed by atoms with Gasteiger partial charge < -0.3 is 20.9 Å². The molecule has 0 aliphatic carbocycles. The SMILES string of the molecule is CCCOc1cc(N)c(F)cc1C(=O)N[C@](C)(CC)C(=O)O. The number of aliphatic carboxylic acids is 1. The highest BCUT2D eigenvalue weighted by atomic mass is 19.1. The number of hydrogen-bond donors (Lipinski definition) is 3. The molecule has 0 fully saturated rings. The molecule has 1 aromatic rings. The number of nitrogens with two attached hydrogens (primary N) is 1. The lowest BCUT2D eigenvalue weighted by Gasteiger charge is -2.25. The second kappa shape index (κ2) is 7.11. The molecule has 0 unspecified atom stereocenters. The van der Waals surface area contributed by atoms with Gasteiger partial charge in [0.15, 0.2) is 0 Å². The van der Waals surface area contributed by atoms with Gasteiger partial charge in [0.25, 0.3) is 5.91 Å². The average Bonchev–Trinajstić information content (AvgIpc) is 2.47. The monoisotopic (exact) mass is 312 g/mol. The largest absolute Gasteiger partial charge is 0.493 e. The summed E-state index contributed by atoms with van der Waals surface area (Å²) in [6.07, 6.45) is 0.872. The van der Waals surface area contributed by atoms with Crippen molar-refractivity contribution in [1.29, 1.82) is 0 Å². The first-order chi connectivity index (χ1) is 10.2. The van der Waals surface area contributed by atoms with E-state index < -0.39 is 23.2 Å². The maximum absolute atomic E-state index is 13.6. The van der Waals surface area contributed by atoms with Gasteiger partial charge >= 0.3 is 5.97 Å².